The molecule has 0 aliphatic carbocycles. The van der Waals surface area contributed by atoms with E-state index in [0.717, 1.165) is 16.1 Å². The number of rotatable bonds is 9. The average molecular weight is 529 g/mol. The Morgan fingerprint density at radius 2 is 2.11 bits per heavy atom. The van der Waals surface area contributed by atoms with Crippen LogP contribution in [0.25, 0.3) is 5.52 Å². The molecule has 0 spiro atoms. The highest BCUT2D eigenvalue weighted by Crippen LogP contribution is 2.30. The molecule has 10 nitrogen and oxygen atoms in total. The third-order valence-corrected chi connectivity index (χ3v) is 7.01. The number of aliphatic hydroxyl groups is 1. The van der Waals surface area contributed by atoms with Gasteiger partial charge in [0.2, 0.25) is 17.5 Å². The fraction of sp³-hybridized carbons (Fsp3) is 0.333. The van der Waals surface area contributed by atoms with Crippen LogP contribution in [0, 0.1) is 12.8 Å². The summed E-state index contributed by atoms with van der Waals surface area (Å²) in [4.78, 5) is 19.6. The van der Waals surface area contributed by atoms with Gasteiger partial charge in [0, 0.05) is 47.0 Å². The molecule has 1 unspecified atom stereocenters. The lowest BCUT2D eigenvalue weighted by Crippen LogP contribution is -2.38. The zero-order chi connectivity index (χ0) is 25.9. The Kier molecular flexibility index (Phi) is 7.35. The predicted molar refractivity (Wildman–Crippen MR) is 135 cm³/mol. The van der Waals surface area contributed by atoms with Crippen molar-refractivity contribution >= 4 is 40.5 Å². The topological polar surface area (TPSA) is 123 Å². The van der Waals surface area contributed by atoms with E-state index < -0.39 is 18.4 Å². The Balaban J connectivity index is 1.23. The van der Waals surface area contributed by atoms with Crippen LogP contribution in [0.2, 0.25) is 0 Å². The third-order valence-electron chi connectivity index (χ3n) is 6.15. The summed E-state index contributed by atoms with van der Waals surface area (Å²) in [5, 5.41) is 27.7. The third kappa shape index (κ3) is 5.89. The molecule has 1 aliphatic rings. The zero-order valence-electron chi connectivity index (χ0n) is 19.9. The number of alkyl halides is 2. The number of benzene rings is 1. The number of aromatic amines is 1. The molecule has 1 aromatic carbocycles. The van der Waals surface area contributed by atoms with Crippen molar-refractivity contribution in [1.82, 2.24) is 29.7 Å². The van der Waals surface area contributed by atoms with Crippen molar-refractivity contribution in [1.29, 1.82) is 0 Å². The number of nitrogens with one attached hydrogen (secondary N) is 3. The fourth-order valence-corrected chi connectivity index (χ4v) is 5.09. The summed E-state index contributed by atoms with van der Waals surface area (Å²) in [6.45, 7) is 1.70. The number of hydrogen-bond acceptors (Lipinski definition) is 8. The Morgan fingerprint density at radius 3 is 2.81 bits per heavy atom. The normalized spacial score (nSPS) is 18.1. The van der Waals surface area contributed by atoms with E-state index in [0.29, 0.717) is 22.5 Å². The van der Waals surface area contributed by atoms with E-state index in [-0.39, 0.29) is 32.0 Å². The van der Waals surface area contributed by atoms with E-state index in [2.05, 4.69) is 30.9 Å². The number of fused-ring (bicyclic) bond motifs is 1. The molecule has 2 atom stereocenters. The molecular formula is C24H26F2N8O2S. The van der Waals surface area contributed by atoms with Crippen molar-refractivity contribution in [2.45, 2.75) is 35.9 Å². The van der Waals surface area contributed by atoms with Crippen molar-refractivity contribution in [2.24, 2.45) is 5.92 Å². The molecule has 4 heterocycles. The molecule has 1 fully saturated rings. The summed E-state index contributed by atoms with van der Waals surface area (Å²) in [7, 11) is 0. The number of amides is 1. The Morgan fingerprint density at radius 1 is 1.30 bits per heavy atom. The van der Waals surface area contributed by atoms with Gasteiger partial charge in [-0.1, -0.05) is 0 Å². The minimum atomic E-state index is -2.46. The molecule has 0 radical (unpaired) electrons. The molecule has 1 saturated heterocycles. The monoisotopic (exact) mass is 528 g/mol. The lowest BCUT2D eigenvalue weighted by Gasteiger charge is -2.21. The van der Waals surface area contributed by atoms with E-state index in [1.165, 1.54) is 11.8 Å². The summed E-state index contributed by atoms with van der Waals surface area (Å²) in [5.41, 5.74) is 2.32. The van der Waals surface area contributed by atoms with Crippen molar-refractivity contribution in [3.05, 3.63) is 54.4 Å². The Hall–Kier alpha value is -3.55. The SMILES string of the molecule is Cc1cc(Nc2nc(Sc3ccc(NC(=O)CN4CC(C(F)F)C[C@H]4CO)cc3)nn3cccc23)n[nH]1. The fourth-order valence-electron chi connectivity index (χ4n) is 4.34. The highest BCUT2D eigenvalue weighted by atomic mass is 32.2. The van der Waals surface area contributed by atoms with E-state index in [1.807, 2.05) is 43.5 Å². The first-order valence-electron chi connectivity index (χ1n) is 11.7. The van der Waals surface area contributed by atoms with Crippen LogP contribution in [0.15, 0.2) is 58.7 Å². The first kappa shape index (κ1) is 25.1. The number of anilines is 3. The largest absolute Gasteiger partial charge is 0.395 e. The van der Waals surface area contributed by atoms with Gasteiger partial charge in [-0.05, 0) is 61.5 Å². The lowest BCUT2D eigenvalue weighted by atomic mass is 10.1. The van der Waals surface area contributed by atoms with Crippen LogP contribution >= 0.6 is 11.8 Å². The summed E-state index contributed by atoms with van der Waals surface area (Å²) in [5.74, 6) is 0.127. The van der Waals surface area contributed by atoms with Crippen LogP contribution in [0.4, 0.5) is 26.1 Å². The van der Waals surface area contributed by atoms with Crippen molar-refractivity contribution in [3.63, 3.8) is 0 Å². The van der Waals surface area contributed by atoms with Gasteiger partial charge in [0.1, 0.15) is 5.52 Å². The summed E-state index contributed by atoms with van der Waals surface area (Å²) in [6.07, 6.45) is -0.440. The molecule has 37 heavy (non-hydrogen) atoms. The molecule has 13 heteroatoms. The van der Waals surface area contributed by atoms with Gasteiger partial charge in [-0.3, -0.25) is 14.8 Å². The minimum absolute atomic E-state index is 0.0546. The standard InChI is InChI=1S/C24H26F2N8O2S/c1-14-9-20(31-30-14)28-23-19-3-2-8-34(19)32-24(29-23)37-18-6-4-16(5-7-18)27-21(36)12-33-11-15(22(25)26)10-17(33)13-35/h2-9,15,17,22,35H,10-13H2,1H3,(H,27,36)(H2,28,29,30,31,32)/t15?,17-/m0/s1. The van der Waals surface area contributed by atoms with E-state index in [1.54, 1.807) is 21.5 Å². The number of carbonyl (C=O) groups is 1. The van der Waals surface area contributed by atoms with Crippen molar-refractivity contribution in [3.8, 4) is 0 Å². The predicted octanol–water partition coefficient (Wildman–Crippen LogP) is 3.54. The molecule has 1 amide bonds. The van der Waals surface area contributed by atoms with Crippen molar-refractivity contribution in [2.75, 3.05) is 30.3 Å². The zero-order valence-corrected chi connectivity index (χ0v) is 20.8. The van der Waals surface area contributed by atoms with Crippen LogP contribution in [0.3, 0.4) is 0 Å². The number of hydrogen-bond donors (Lipinski definition) is 4. The maximum Gasteiger partial charge on any atom is 0.242 e. The van der Waals surface area contributed by atoms with Gasteiger partial charge in [-0.2, -0.15) is 5.10 Å². The number of H-pyrrole nitrogens is 1. The molecule has 3 aromatic heterocycles. The van der Waals surface area contributed by atoms with Gasteiger partial charge >= 0.3 is 0 Å². The number of aromatic nitrogens is 5. The molecule has 5 rings (SSSR count). The van der Waals surface area contributed by atoms with Gasteiger partial charge in [0.15, 0.2) is 11.6 Å². The van der Waals surface area contributed by atoms with E-state index in [9.17, 15) is 18.7 Å². The second kappa shape index (κ2) is 10.8. The van der Waals surface area contributed by atoms with E-state index >= 15 is 0 Å². The average Bonchev–Trinajstić information content (AvgIpc) is 3.60. The highest BCUT2D eigenvalue weighted by molar-refractivity contribution is 7.99. The molecule has 0 bridgehead atoms. The summed E-state index contributed by atoms with van der Waals surface area (Å²) < 4.78 is 27.8. The van der Waals surface area contributed by atoms with Crippen LogP contribution < -0.4 is 10.6 Å². The van der Waals surface area contributed by atoms with E-state index in [4.69, 9.17) is 0 Å². The van der Waals surface area contributed by atoms with Crippen LogP contribution in [-0.2, 0) is 4.79 Å². The van der Waals surface area contributed by atoms with Gasteiger partial charge in [0.05, 0.1) is 13.2 Å². The number of likely N-dealkylation sites (tertiary alicyclic amines) is 1. The second-order valence-corrected chi connectivity index (χ2v) is 9.95. The molecule has 1 aliphatic heterocycles. The van der Waals surface area contributed by atoms with Crippen LogP contribution in [0.1, 0.15) is 12.1 Å². The van der Waals surface area contributed by atoms with Crippen LogP contribution in [-0.4, -0.2) is 72.9 Å². The molecular weight excluding hydrogens is 502 g/mol. The van der Waals surface area contributed by atoms with Gasteiger partial charge in [0.25, 0.3) is 0 Å². The summed E-state index contributed by atoms with van der Waals surface area (Å²) in [6, 6.07) is 12.4. The molecule has 4 N–H and O–H groups in total. The van der Waals surface area contributed by atoms with Crippen molar-refractivity contribution < 1.29 is 18.7 Å². The smallest absolute Gasteiger partial charge is 0.242 e. The number of halogens is 2. The molecule has 4 aromatic rings. The van der Waals surface area contributed by atoms with Gasteiger partial charge < -0.3 is 15.7 Å². The second-order valence-electron chi connectivity index (χ2n) is 8.91. The molecule has 0 saturated carbocycles. The maximum atomic E-state index is 13.1. The first-order chi connectivity index (χ1) is 17.9. The number of aliphatic hydroxyl groups excluding tert-OH is 1. The highest BCUT2D eigenvalue weighted by Gasteiger charge is 2.37. The first-order valence-corrected chi connectivity index (χ1v) is 12.5. The maximum absolute atomic E-state index is 13.1. The molecule has 194 valence electrons. The number of aryl methyl sites for hydroxylation is 1. The lowest BCUT2D eigenvalue weighted by molar-refractivity contribution is -0.117. The Bertz CT molecular complexity index is 1380. The number of nitrogens with zero attached hydrogens (tertiary/aromatic N) is 5. The summed E-state index contributed by atoms with van der Waals surface area (Å²) >= 11 is 1.36. The Labute approximate surface area is 215 Å². The quantitative estimate of drug-likeness (QED) is 0.260. The minimum Gasteiger partial charge on any atom is -0.395 e. The number of carbonyl (C=O) groups excluding carboxylic acids is 1. The van der Waals surface area contributed by atoms with Gasteiger partial charge in [-0.15, -0.1) is 5.10 Å². The van der Waals surface area contributed by atoms with Gasteiger partial charge in [-0.25, -0.2) is 18.3 Å². The van der Waals surface area contributed by atoms with Crippen LogP contribution in [0.5, 0.6) is 0 Å².